The molecule has 0 saturated carbocycles. The number of aryl methyl sites for hydroxylation is 1. The monoisotopic (exact) mass is 316 g/mol. The van der Waals surface area contributed by atoms with Gasteiger partial charge in [0.2, 0.25) is 0 Å². The van der Waals surface area contributed by atoms with Crippen molar-refractivity contribution in [3.8, 4) is 5.75 Å². The number of amides is 2. The first-order valence-corrected chi connectivity index (χ1v) is 7.23. The first-order chi connectivity index (χ1) is 10.9. The number of fused-ring (bicyclic) bond motifs is 2. The van der Waals surface area contributed by atoms with Crippen molar-refractivity contribution >= 4 is 17.5 Å². The molecule has 3 rings (SSSR count). The number of aromatic hydroxyl groups is 1. The molecule has 7 heteroatoms. The zero-order chi connectivity index (χ0) is 16.7. The van der Waals surface area contributed by atoms with Crippen molar-refractivity contribution in [2.45, 2.75) is 25.6 Å². The van der Waals surface area contributed by atoms with Crippen LogP contribution in [0.1, 0.15) is 22.3 Å². The Morgan fingerprint density at radius 2 is 2.22 bits per heavy atom. The summed E-state index contributed by atoms with van der Waals surface area (Å²) in [5.41, 5.74) is 5.17. The molecule has 0 radical (unpaired) electrons. The molecule has 0 fully saturated rings. The highest BCUT2D eigenvalue weighted by Gasteiger charge is 2.39. The van der Waals surface area contributed by atoms with Gasteiger partial charge >= 0.3 is 5.91 Å². The van der Waals surface area contributed by atoms with Gasteiger partial charge in [-0.3, -0.25) is 10.5 Å². The molecule has 7 nitrogen and oxygen atoms in total. The number of rotatable bonds is 2. The standard InChI is InChI=1S/C16H17N3O4/c1-8-2-4-10-13(14(8)21)18-15(22)11-6-9(3-5-12(17)20)7-19(11)16(10)23/h2-5,7,11,15,18,21-22H,6H2,1H3,(H2,17,20)/p+1. The third-order valence-corrected chi connectivity index (χ3v) is 4.09. The Balaban J connectivity index is 2.01. The van der Waals surface area contributed by atoms with Gasteiger partial charge < -0.3 is 20.4 Å². The number of nitrogens with zero attached hydrogens (tertiary/aromatic N) is 1. The second kappa shape index (κ2) is 5.53. The minimum absolute atomic E-state index is 0.0390. The number of carbonyl (C=O) groups excluding carboxylic acids is 2. The number of hydrogen-bond acceptors (Lipinski definition) is 5. The third kappa shape index (κ3) is 2.60. The SMILES string of the molecule is Cc1ccc2c(c1O)NC(O)C1CC(C=CC([NH3+])=O)=CN1C2=O. The summed E-state index contributed by atoms with van der Waals surface area (Å²) in [6.07, 6.45) is 3.90. The maximum absolute atomic E-state index is 12.7. The Kier molecular flexibility index (Phi) is 3.67. The summed E-state index contributed by atoms with van der Waals surface area (Å²) in [5, 5.41) is 23.4. The Morgan fingerprint density at radius 3 is 2.91 bits per heavy atom. The van der Waals surface area contributed by atoms with Crippen molar-refractivity contribution in [1.29, 1.82) is 0 Å². The van der Waals surface area contributed by atoms with Gasteiger partial charge in [0.15, 0.2) is 0 Å². The van der Waals surface area contributed by atoms with Gasteiger partial charge in [0.05, 0.1) is 17.3 Å². The molecule has 2 amide bonds. The molecule has 6 N–H and O–H groups in total. The van der Waals surface area contributed by atoms with Gasteiger partial charge in [0.1, 0.15) is 12.0 Å². The van der Waals surface area contributed by atoms with Crippen LogP contribution in [0, 0.1) is 6.92 Å². The molecule has 0 aromatic heterocycles. The summed E-state index contributed by atoms with van der Waals surface area (Å²) in [4.78, 5) is 25.1. The van der Waals surface area contributed by atoms with Gasteiger partial charge in [-0.2, -0.15) is 0 Å². The summed E-state index contributed by atoms with van der Waals surface area (Å²) in [7, 11) is 0. The van der Waals surface area contributed by atoms with E-state index >= 15 is 0 Å². The van der Waals surface area contributed by atoms with Gasteiger partial charge in [0, 0.05) is 12.3 Å². The highest BCUT2D eigenvalue weighted by molar-refractivity contribution is 6.03. The van der Waals surface area contributed by atoms with E-state index in [4.69, 9.17) is 0 Å². The lowest BCUT2D eigenvalue weighted by Gasteiger charge is -2.24. The first kappa shape index (κ1) is 15.3. The number of hydrogen-bond donors (Lipinski definition) is 4. The molecule has 0 aliphatic carbocycles. The van der Waals surface area contributed by atoms with Crippen molar-refractivity contribution in [2.75, 3.05) is 5.32 Å². The van der Waals surface area contributed by atoms with Gasteiger partial charge in [-0.05, 0) is 36.6 Å². The van der Waals surface area contributed by atoms with Crippen LogP contribution in [0.5, 0.6) is 5.75 Å². The Morgan fingerprint density at radius 1 is 1.48 bits per heavy atom. The predicted octanol–water partition coefficient (Wildman–Crippen LogP) is -0.132. The molecule has 120 valence electrons. The lowest BCUT2D eigenvalue weighted by molar-refractivity contribution is -0.297. The zero-order valence-corrected chi connectivity index (χ0v) is 12.6. The van der Waals surface area contributed by atoms with Crippen LogP contribution >= 0.6 is 0 Å². The number of phenolic OH excluding ortho intramolecular Hbond substituents is 1. The number of aliphatic hydroxyl groups excluding tert-OH is 1. The lowest BCUT2D eigenvalue weighted by Crippen LogP contribution is -2.55. The van der Waals surface area contributed by atoms with Crippen LogP contribution in [0.4, 0.5) is 5.69 Å². The number of benzene rings is 1. The van der Waals surface area contributed by atoms with Gasteiger partial charge in [-0.25, -0.2) is 4.79 Å². The van der Waals surface area contributed by atoms with Crippen LogP contribution in [-0.4, -0.2) is 39.2 Å². The number of quaternary nitrogens is 1. The fourth-order valence-corrected chi connectivity index (χ4v) is 2.85. The number of allylic oxidation sites excluding steroid dienone is 1. The van der Waals surface area contributed by atoms with Gasteiger partial charge in [0.25, 0.3) is 5.91 Å². The van der Waals surface area contributed by atoms with Crippen LogP contribution in [0.15, 0.2) is 36.1 Å². The smallest absolute Gasteiger partial charge is 0.333 e. The van der Waals surface area contributed by atoms with Crippen LogP contribution in [-0.2, 0) is 4.79 Å². The topological polar surface area (TPSA) is 118 Å². The molecule has 23 heavy (non-hydrogen) atoms. The maximum Gasteiger partial charge on any atom is 0.333 e. The molecule has 2 atom stereocenters. The quantitative estimate of drug-likeness (QED) is 0.448. The van der Waals surface area contributed by atoms with Crippen LogP contribution in [0.2, 0.25) is 0 Å². The highest BCUT2D eigenvalue weighted by atomic mass is 16.3. The summed E-state index contributed by atoms with van der Waals surface area (Å²) in [6.45, 7) is 1.72. The van der Waals surface area contributed by atoms with Crippen LogP contribution in [0.25, 0.3) is 0 Å². The fourth-order valence-electron chi connectivity index (χ4n) is 2.85. The molecule has 2 unspecified atom stereocenters. The number of nitrogens with one attached hydrogen (secondary N) is 1. The molecular formula is C16H18N3O4+. The van der Waals surface area contributed by atoms with Crippen LogP contribution < -0.4 is 11.1 Å². The average Bonchev–Trinajstić information content (AvgIpc) is 2.90. The van der Waals surface area contributed by atoms with Crippen molar-refractivity contribution in [3.05, 3.63) is 47.2 Å². The molecule has 2 aliphatic heterocycles. The van der Waals surface area contributed by atoms with Crippen molar-refractivity contribution in [2.24, 2.45) is 0 Å². The minimum atomic E-state index is -1.04. The Bertz CT molecular complexity index is 754. The van der Waals surface area contributed by atoms with E-state index in [-0.39, 0.29) is 23.3 Å². The normalized spacial score (nSPS) is 23.2. The van der Waals surface area contributed by atoms with Crippen molar-refractivity contribution < 1.29 is 25.5 Å². The molecule has 2 aliphatic rings. The molecular weight excluding hydrogens is 298 g/mol. The number of phenols is 1. The summed E-state index contributed by atoms with van der Waals surface area (Å²) < 4.78 is 0. The van der Waals surface area contributed by atoms with E-state index in [1.54, 1.807) is 31.3 Å². The van der Waals surface area contributed by atoms with Gasteiger partial charge in [-0.15, -0.1) is 0 Å². The minimum Gasteiger partial charge on any atom is -0.505 e. The number of aliphatic hydroxyl groups is 1. The second-order valence-corrected chi connectivity index (χ2v) is 5.73. The third-order valence-electron chi connectivity index (χ3n) is 4.09. The first-order valence-electron chi connectivity index (χ1n) is 7.23. The van der Waals surface area contributed by atoms with E-state index in [0.29, 0.717) is 17.5 Å². The highest BCUT2D eigenvalue weighted by Crippen LogP contribution is 2.38. The summed E-state index contributed by atoms with van der Waals surface area (Å²) >= 11 is 0. The van der Waals surface area contributed by atoms with Crippen molar-refractivity contribution in [3.63, 3.8) is 0 Å². The van der Waals surface area contributed by atoms with Crippen molar-refractivity contribution in [1.82, 2.24) is 4.90 Å². The van der Waals surface area contributed by atoms with Crippen LogP contribution in [0.3, 0.4) is 0 Å². The van der Waals surface area contributed by atoms with E-state index in [0.717, 1.165) is 5.57 Å². The van der Waals surface area contributed by atoms with E-state index in [9.17, 15) is 19.8 Å². The largest absolute Gasteiger partial charge is 0.505 e. The van der Waals surface area contributed by atoms with E-state index < -0.39 is 12.3 Å². The molecule has 2 heterocycles. The molecule has 0 spiro atoms. The van der Waals surface area contributed by atoms with E-state index in [2.05, 4.69) is 11.1 Å². The average molecular weight is 316 g/mol. The van der Waals surface area contributed by atoms with E-state index in [1.165, 1.54) is 11.0 Å². The molecule has 0 bridgehead atoms. The molecule has 0 saturated heterocycles. The molecule has 1 aromatic carbocycles. The molecule has 1 aromatic rings. The summed E-state index contributed by atoms with van der Waals surface area (Å²) in [5.74, 6) is -0.680. The Hall–Kier alpha value is -2.64. The Labute approximate surface area is 132 Å². The second-order valence-electron chi connectivity index (χ2n) is 5.73. The summed E-state index contributed by atoms with van der Waals surface area (Å²) in [6, 6.07) is 2.77. The van der Waals surface area contributed by atoms with Gasteiger partial charge in [-0.1, -0.05) is 6.07 Å². The number of anilines is 1. The maximum atomic E-state index is 12.7. The lowest BCUT2D eigenvalue weighted by atomic mass is 10.1. The predicted molar refractivity (Wildman–Crippen MR) is 82.2 cm³/mol. The zero-order valence-electron chi connectivity index (χ0n) is 12.6. The number of carbonyl (C=O) groups is 2. The van der Waals surface area contributed by atoms with E-state index in [1.807, 2.05) is 0 Å². The fraction of sp³-hybridized carbons (Fsp3) is 0.250.